The molecule has 1 fully saturated rings. The van der Waals surface area contributed by atoms with Crippen molar-refractivity contribution >= 4 is 26.0 Å². The van der Waals surface area contributed by atoms with Crippen LogP contribution in [0.5, 0.6) is 0 Å². The van der Waals surface area contributed by atoms with Gasteiger partial charge in [-0.05, 0) is 54.1 Å². The summed E-state index contributed by atoms with van der Waals surface area (Å²) in [6.45, 7) is 5.20. The summed E-state index contributed by atoms with van der Waals surface area (Å²) in [4.78, 5) is 2.52. The molecule has 0 amide bonds. The minimum atomic E-state index is -3.45. The van der Waals surface area contributed by atoms with Crippen molar-refractivity contribution in [2.45, 2.75) is 18.4 Å². The van der Waals surface area contributed by atoms with Gasteiger partial charge in [-0.1, -0.05) is 6.07 Å². The van der Waals surface area contributed by atoms with Crippen LogP contribution in [0.25, 0.3) is 0 Å². The second kappa shape index (κ2) is 6.75. The van der Waals surface area contributed by atoms with Crippen LogP contribution in [0.3, 0.4) is 0 Å². The lowest BCUT2D eigenvalue weighted by molar-refractivity contribution is 0.222. The van der Waals surface area contributed by atoms with Gasteiger partial charge in [-0.2, -0.15) is 4.31 Å². The molecule has 5 nitrogen and oxygen atoms in total. The standard InChI is InChI=1S/C14H22BrN3O2S/c1-11-8-12(10-16-2)9-13(14(11)15)21(19,20)18-6-4-17(3)5-7-18/h8-9,16H,4-7,10H2,1-3H3. The second-order valence-corrected chi connectivity index (χ2v) is 8.16. The molecule has 2 rings (SSSR count). The predicted octanol–water partition coefficient (Wildman–Crippen LogP) is 1.41. The SMILES string of the molecule is CNCc1cc(C)c(Br)c(S(=O)(=O)N2CCN(C)CC2)c1. The smallest absolute Gasteiger partial charge is 0.244 e. The monoisotopic (exact) mass is 375 g/mol. The van der Waals surface area contributed by atoms with Gasteiger partial charge in [0.25, 0.3) is 0 Å². The molecule has 1 aromatic rings. The van der Waals surface area contributed by atoms with Gasteiger partial charge in [-0.3, -0.25) is 0 Å². The predicted molar refractivity (Wildman–Crippen MR) is 87.9 cm³/mol. The fourth-order valence-electron chi connectivity index (χ4n) is 2.47. The molecule has 0 radical (unpaired) electrons. The number of nitrogens with zero attached hydrogens (tertiary/aromatic N) is 2. The lowest BCUT2D eigenvalue weighted by Gasteiger charge is -2.32. The molecule has 1 N–H and O–H groups in total. The number of halogens is 1. The molecule has 118 valence electrons. The Balaban J connectivity index is 2.39. The Bertz CT molecular complexity index is 611. The number of piperazine rings is 1. The highest BCUT2D eigenvalue weighted by Gasteiger charge is 2.29. The number of hydrogen-bond acceptors (Lipinski definition) is 4. The molecule has 1 aliphatic heterocycles. The van der Waals surface area contributed by atoms with Crippen LogP contribution in [0.1, 0.15) is 11.1 Å². The van der Waals surface area contributed by atoms with Crippen molar-refractivity contribution in [1.82, 2.24) is 14.5 Å². The highest BCUT2D eigenvalue weighted by atomic mass is 79.9. The van der Waals surface area contributed by atoms with Gasteiger partial charge in [0.05, 0.1) is 4.90 Å². The topological polar surface area (TPSA) is 52.7 Å². The van der Waals surface area contributed by atoms with Crippen LogP contribution in [0.2, 0.25) is 0 Å². The van der Waals surface area contributed by atoms with E-state index < -0.39 is 10.0 Å². The van der Waals surface area contributed by atoms with Gasteiger partial charge >= 0.3 is 0 Å². The first-order valence-corrected chi connectivity index (χ1v) is 9.22. The fourth-order valence-corrected chi connectivity index (χ4v) is 4.92. The molecule has 0 unspecified atom stereocenters. The quantitative estimate of drug-likeness (QED) is 0.864. The van der Waals surface area contributed by atoms with Crippen molar-refractivity contribution in [3.8, 4) is 0 Å². The molecule has 0 spiro atoms. The van der Waals surface area contributed by atoms with Gasteiger partial charge in [0.15, 0.2) is 0 Å². The highest BCUT2D eigenvalue weighted by molar-refractivity contribution is 9.10. The molecule has 1 aromatic carbocycles. The van der Waals surface area contributed by atoms with E-state index in [1.807, 2.05) is 27.1 Å². The van der Waals surface area contributed by atoms with Gasteiger partial charge < -0.3 is 10.2 Å². The van der Waals surface area contributed by atoms with Gasteiger partial charge in [0.2, 0.25) is 10.0 Å². The van der Waals surface area contributed by atoms with E-state index in [0.29, 0.717) is 29.0 Å². The van der Waals surface area contributed by atoms with Crippen LogP contribution in [0.4, 0.5) is 0 Å². The second-order valence-electron chi connectivity index (χ2n) is 5.46. The summed E-state index contributed by atoms with van der Waals surface area (Å²) in [5.41, 5.74) is 1.92. The van der Waals surface area contributed by atoms with Gasteiger partial charge in [-0.15, -0.1) is 0 Å². The van der Waals surface area contributed by atoms with E-state index in [4.69, 9.17) is 0 Å². The summed E-state index contributed by atoms with van der Waals surface area (Å²) in [6.07, 6.45) is 0. The number of rotatable bonds is 4. The molecule has 21 heavy (non-hydrogen) atoms. The van der Waals surface area contributed by atoms with E-state index >= 15 is 0 Å². The molecule has 1 heterocycles. The fraction of sp³-hybridized carbons (Fsp3) is 0.571. The molecular weight excluding hydrogens is 354 g/mol. The maximum absolute atomic E-state index is 12.9. The van der Waals surface area contributed by atoms with Crippen molar-refractivity contribution in [3.05, 3.63) is 27.7 Å². The Morgan fingerprint density at radius 3 is 2.43 bits per heavy atom. The number of nitrogens with one attached hydrogen (secondary N) is 1. The molecule has 1 aliphatic rings. The van der Waals surface area contributed by atoms with Gasteiger partial charge in [0, 0.05) is 37.2 Å². The Kier molecular flexibility index (Phi) is 5.43. The zero-order chi connectivity index (χ0) is 15.6. The van der Waals surface area contributed by atoms with E-state index in [1.54, 1.807) is 10.4 Å². The largest absolute Gasteiger partial charge is 0.316 e. The number of hydrogen-bond donors (Lipinski definition) is 1. The van der Waals surface area contributed by atoms with Crippen molar-refractivity contribution in [3.63, 3.8) is 0 Å². The first-order valence-electron chi connectivity index (χ1n) is 6.98. The Hall–Kier alpha value is -0.470. The van der Waals surface area contributed by atoms with Crippen LogP contribution in [0.15, 0.2) is 21.5 Å². The van der Waals surface area contributed by atoms with Crippen LogP contribution in [-0.4, -0.2) is 57.9 Å². The van der Waals surface area contributed by atoms with Crippen LogP contribution in [0, 0.1) is 6.92 Å². The van der Waals surface area contributed by atoms with Crippen molar-refractivity contribution < 1.29 is 8.42 Å². The summed E-state index contributed by atoms with van der Waals surface area (Å²) < 4.78 is 28.0. The molecule has 0 aromatic heterocycles. The summed E-state index contributed by atoms with van der Waals surface area (Å²) in [5, 5.41) is 3.06. The first-order chi connectivity index (χ1) is 9.86. The zero-order valence-corrected chi connectivity index (χ0v) is 15.1. The molecule has 0 bridgehead atoms. The minimum Gasteiger partial charge on any atom is -0.316 e. The minimum absolute atomic E-state index is 0.373. The molecule has 0 atom stereocenters. The maximum Gasteiger partial charge on any atom is 0.244 e. The third-order valence-electron chi connectivity index (χ3n) is 3.74. The molecular formula is C14H22BrN3O2S. The summed E-state index contributed by atoms with van der Waals surface area (Å²) in [7, 11) is 0.417. The van der Waals surface area contributed by atoms with Crippen LogP contribution < -0.4 is 5.32 Å². The van der Waals surface area contributed by atoms with E-state index in [1.165, 1.54) is 0 Å². The molecule has 0 aliphatic carbocycles. The third-order valence-corrected chi connectivity index (χ3v) is 6.98. The van der Waals surface area contributed by atoms with E-state index in [0.717, 1.165) is 24.2 Å². The summed E-state index contributed by atoms with van der Waals surface area (Å²) >= 11 is 3.44. The average molecular weight is 376 g/mol. The number of sulfonamides is 1. The van der Waals surface area contributed by atoms with E-state index in [-0.39, 0.29) is 0 Å². The number of benzene rings is 1. The van der Waals surface area contributed by atoms with Gasteiger partial charge in [0.1, 0.15) is 0 Å². The summed E-state index contributed by atoms with van der Waals surface area (Å²) in [5.74, 6) is 0. The number of likely N-dealkylation sites (N-methyl/N-ethyl adjacent to an activating group) is 1. The molecule has 7 heteroatoms. The normalized spacial score (nSPS) is 18.1. The zero-order valence-electron chi connectivity index (χ0n) is 12.7. The van der Waals surface area contributed by atoms with Crippen molar-refractivity contribution in [2.24, 2.45) is 0 Å². The first kappa shape index (κ1) is 16.9. The lowest BCUT2D eigenvalue weighted by Crippen LogP contribution is -2.47. The Morgan fingerprint density at radius 1 is 1.24 bits per heavy atom. The third kappa shape index (κ3) is 3.65. The molecule has 1 saturated heterocycles. The van der Waals surface area contributed by atoms with Crippen molar-refractivity contribution in [2.75, 3.05) is 40.3 Å². The van der Waals surface area contributed by atoms with E-state index in [2.05, 4.69) is 26.1 Å². The number of aryl methyl sites for hydroxylation is 1. The average Bonchev–Trinajstić information content (AvgIpc) is 2.43. The molecule has 0 saturated carbocycles. The van der Waals surface area contributed by atoms with Crippen molar-refractivity contribution in [1.29, 1.82) is 0 Å². The lowest BCUT2D eigenvalue weighted by atomic mass is 10.1. The Labute approximate surface area is 135 Å². The Morgan fingerprint density at radius 2 is 1.86 bits per heavy atom. The van der Waals surface area contributed by atoms with Crippen LogP contribution >= 0.6 is 15.9 Å². The summed E-state index contributed by atoms with van der Waals surface area (Å²) in [6, 6.07) is 3.77. The van der Waals surface area contributed by atoms with Gasteiger partial charge in [-0.25, -0.2) is 8.42 Å². The highest BCUT2D eigenvalue weighted by Crippen LogP contribution is 2.30. The van der Waals surface area contributed by atoms with Crippen LogP contribution in [-0.2, 0) is 16.6 Å². The van der Waals surface area contributed by atoms with E-state index in [9.17, 15) is 8.42 Å². The maximum atomic E-state index is 12.9.